The van der Waals surface area contributed by atoms with Gasteiger partial charge in [-0.2, -0.15) is 0 Å². The van der Waals surface area contributed by atoms with Crippen molar-refractivity contribution >= 4 is 17.7 Å². The van der Waals surface area contributed by atoms with Gasteiger partial charge in [-0.05, 0) is 80.8 Å². The number of carbonyl (C=O) groups is 3. The molecular formula is C25H33NO4. The lowest BCUT2D eigenvalue weighted by atomic mass is 9.48. The molecule has 1 atom stereocenters. The predicted molar refractivity (Wildman–Crippen MR) is 114 cm³/mol. The minimum Gasteiger partial charge on any atom is -0.456 e. The third-order valence-electron chi connectivity index (χ3n) is 7.57. The van der Waals surface area contributed by atoms with Gasteiger partial charge in [-0.25, -0.2) is 4.79 Å². The van der Waals surface area contributed by atoms with Crippen molar-refractivity contribution in [1.82, 2.24) is 5.32 Å². The second-order valence-corrected chi connectivity index (χ2v) is 10.2. The minimum absolute atomic E-state index is 0.0858. The molecule has 162 valence electrons. The van der Waals surface area contributed by atoms with Crippen LogP contribution in [0.4, 0.5) is 0 Å². The monoisotopic (exact) mass is 411 g/mol. The van der Waals surface area contributed by atoms with Gasteiger partial charge in [0.2, 0.25) is 0 Å². The lowest BCUT2D eigenvalue weighted by Crippen LogP contribution is -2.51. The first-order chi connectivity index (χ1) is 14.3. The number of aryl methyl sites for hydroxylation is 1. The van der Waals surface area contributed by atoms with Crippen LogP contribution in [0.2, 0.25) is 0 Å². The molecule has 0 unspecified atom stereocenters. The van der Waals surface area contributed by atoms with Crippen LogP contribution < -0.4 is 5.32 Å². The molecule has 0 aromatic heterocycles. The number of hydrogen-bond acceptors (Lipinski definition) is 4. The first kappa shape index (κ1) is 21.1. The number of nitrogens with one attached hydrogen (secondary N) is 1. The van der Waals surface area contributed by atoms with Gasteiger partial charge in [0, 0.05) is 11.0 Å². The highest BCUT2D eigenvalue weighted by Gasteiger charge is 2.54. The van der Waals surface area contributed by atoms with Crippen molar-refractivity contribution in [2.75, 3.05) is 6.61 Å². The van der Waals surface area contributed by atoms with E-state index in [0.717, 1.165) is 24.8 Å². The van der Waals surface area contributed by atoms with Crippen LogP contribution in [0, 0.1) is 36.0 Å². The predicted octanol–water partition coefficient (Wildman–Crippen LogP) is 4.08. The Kier molecular flexibility index (Phi) is 5.73. The number of amides is 1. The van der Waals surface area contributed by atoms with Crippen LogP contribution in [0.5, 0.6) is 0 Å². The molecule has 5 nitrogen and oxygen atoms in total. The Bertz CT molecular complexity index is 808. The van der Waals surface area contributed by atoms with E-state index >= 15 is 0 Å². The number of carbonyl (C=O) groups excluding carboxylic acids is 3. The molecule has 4 fully saturated rings. The Morgan fingerprint density at radius 1 is 1.03 bits per heavy atom. The maximum Gasteiger partial charge on any atom is 0.329 e. The number of ketones is 1. The second-order valence-electron chi connectivity index (χ2n) is 10.2. The van der Waals surface area contributed by atoms with E-state index in [1.807, 2.05) is 32.9 Å². The third kappa shape index (κ3) is 4.03. The van der Waals surface area contributed by atoms with Crippen molar-refractivity contribution in [2.45, 2.75) is 65.3 Å². The molecule has 1 N–H and O–H groups in total. The summed E-state index contributed by atoms with van der Waals surface area (Å²) in [5, 5.41) is 2.81. The van der Waals surface area contributed by atoms with E-state index in [-0.39, 0.29) is 29.6 Å². The summed E-state index contributed by atoms with van der Waals surface area (Å²) in [5.41, 5.74) is 1.12. The van der Waals surface area contributed by atoms with Crippen molar-refractivity contribution in [3.63, 3.8) is 0 Å². The second kappa shape index (κ2) is 8.16. The molecule has 4 aliphatic carbocycles. The molecule has 4 aliphatic rings. The van der Waals surface area contributed by atoms with Gasteiger partial charge in [0.15, 0.2) is 12.4 Å². The molecule has 1 aromatic carbocycles. The van der Waals surface area contributed by atoms with Crippen molar-refractivity contribution in [3.8, 4) is 0 Å². The summed E-state index contributed by atoms with van der Waals surface area (Å²) in [6.45, 7) is 5.42. The average molecular weight is 412 g/mol. The molecule has 0 spiro atoms. The first-order valence-corrected chi connectivity index (χ1v) is 11.3. The topological polar surface area (TPSA) is 72.5 Å². The summed E-state index contributed by atoms with van der Waals surface area (Å²) >= 11 is 0. The third-order valence-corrected chi connectivity index (χ3v) is 7.57. The zero-order valence-corrected chi connectivity index (χ0v) is 18.3. The molecule has 0 heterocycles. The van der Waals surface area contributed by atoms with Gasteiger partial charge in [-0.15, -0.1) is 0 Å². The molecule has 30 heavy (non-hydrogen) atoms. The van der Waals surface area contributed by atoms with E-state index in [0.29, 0.717) is 23.3 Å². The fourth-order valence-corrected chi connectivity index (χ4v) is 6.38. The van der Waals surface area contributed by atoms with Crippen LogP contribution in [0.15, 0.2) is 24.3 Å². The highest BCUT2D eigenvalue weighted by Crippen LogP contribution is 2.60. The molecule has 4 bridgehead atoms. The molecule has 1 aromatic rings. The van der Waals surface area contributed by atoms with Crippen LogP contribution in [0.25, 0.3) is 0 Å². The Hall–Kier alpha value is -2.17. The summed E-state index contributed by atoms with van der Waals surface area (Å²) in [7, 11) is 0. The lowest BCUT2D eigenvalue weighted by Gasteiger charge is -2.55. The largest absolute Gasteiger partial charge is 0.456 e. The van der Waals surface area contributed by atoms with Gasteiger partial charge in [0.1, 0.15) is 6.04 Å². The Balaban J connectivity index is 1.37. The molecule has 0 saturated heterocycles. The number of ether oxygens (including phenoxy) is 1. The van der Waals surface area contributed by atoms with E-state index in [1.165, 1.54) is 19.3 Å². The Morgan fingerprint density at radius 3 is 2.13 bits per heavy atom. The Labute approximate surface area is 178 Å². The van der Waals surface area contributed by atoms with E-state index in [2.05, 4.69) is 5.32 Å². The van der Waals surface area contributed by atoms with Gasteiger partial charge >= 0.3 is 5.97 Å². The van der Waals surface area contributed by atoms with Crippen LogP contribution in [-0.2, 0) is 14.3 Å². The maximum atomic E-state index is 13.1. The average Bonchev–Trinajstić information content (AvgIpc) is 2.68. The number of Topliss-reactive ketones (excluding diaryl/α,β-unsaturated/α-hetero) is 1. The Morgan fingerprint density at radius 2 is 1.60 bits per heavy atom. The summed E-state index contributed by atoms with van der Waals surface area (Å²) in [4.78, 5) is 38.6. The van der Waals surface area contributed by atoms with E-state index in [1.54, 1.807) is 12.1 Å². The van der Waals surface area contributed by atoms with E-state index in [4.69, 9.17) is 4.74 Å². The van der Waals surface area contributed by atoms with Crippen molar-refractivity contribution in [3.05, 3.63) is 35.4 Å². The molecule has 4 saturated carbocycles. The van der Waals surface area contributed by atoms with Gasteiger partial charge in [0.05, 0.1) is 0 Å². The minimum atomic E-state index is -0.777. The highest BCUT2D eigenvalue weighted by atomic mass is 16.5. The number of rotatable bonds is 7. The van der Waals surface area contributed by atoms with Crippen molar-refractivity contribution < 1.29 is 19.1 Å². The normalized spacial score (nSPS) is 30.2. The van der Waals surface area contributed by atoms with Gasteiger partial charge < -0.3 is 10.1 Å². The molecule has 1 amide bonds. The lowest BCUT2D eigenvalue weighted by molar-refractivity contribution is -0.159. The SMILES string of the molecule is Cc1ccccc1C(=O)N[C@H](C(=O)OCC(=O)C12CC3CC(CC(C3)C1)C2)C(C)C. The number of esters is 1. The maximum absolute atomic E-state index is 13.1. The van der Waals surface area contributed by atoms with Crippen LogP contribution in [0.1, 0.15) is 68.3 Å². The number of benzene rings is 1. The molecule has 0 aliphatic heterocycles. The van der Waals surface area contributed by atoms with E-state index < -0.39 is 12.0 Å². The first-order valence-electron chi connectivity index (χ1n) is 11.3. The molecule has 5 heteroatoms. The zero-order valence-electron chi connectivity index (χ0n) is 18.3. The van der Waals surface area contributed by atoms with Crippen molar-refractivity contribution in [1.29, 1.82) is 0 Å². The summed E-state index contributed by atoms with van der Waals surface area (Å²) in [5.74, 6) is 1.15. The summed E-state index contributed by atoms with van der Waals surface area (Å²) in [6, 6.07) is 6.50. The van der Waals surface area contributed by atoms with Gasteiger partial charge in [0.25, 0.3) is 5.91 Å². The van der Waals surface area contributed by atoms with Crippen LogP contribution in [-0.4, -0.2) is 30.3 Å². The molecular weight excluding hydrogens is 378 g/mol. The quantitative estimate of drug-likeness (QED) is 0.686. The molecule has 0 radical (unpaired) electrons. The van der Waals surface area contributed by atoms with Crippen LogP contribution >= 0.6 is 0 Å². The van der Waals surface area contributed by atoms with Gasteiger partial charge in [-0.3, -0.25) is 9.59 Å². The number of hydrogen-bond donors (Lipinski definition) is 1. The highest BCUT2D eigenvalue weighted by molar-refractivity contribution is 5.98. The molecule has 5 rings (SSSR count). The van der Waals surface area contributed by atoms with E-state index in [9.17, 15) is 14.4 Å². The summed E-state index contributed by atoms with van der Waals surface area (Å²) < 4.78 is 5.48. The van der Waals surface area contributed by atoms with Gasteiger partial charge in [-0.1, -0.05) is 32.0 Å². The zero-order chi connectivity index (χ0) is 21.5. The fraction of sp³-hybridized carbons (Fsp3) is 0.640. The smallest absolute Gasteiger partial charge is 0.329 e. The van der Waals surface area contributed by atoms with Crippen molar-refractivity contribution in [2.24, 2.45) is 29.1 Å². The standard InChI is InChI=1S/C25H33NO4/c1-15(2)22(26-23(28)20-7-5-4-6-16(20)3)24(29)30-14-21(27)25-11-17-8-18(12-25)10-19(9-17)13-25/h4-7,15,17-19,22H,8-14H2,1-3H3,(H,26,28)/t17?,18?,19?,22-,25?/m0/s1. The van der Waals surface area contributed by atoms with Crippen LogP contribution in [0.3, 0.4) is 0 Å². The summed E-state index contributed by atoms with van der Waals surface area (Å²) in [6.07, 6.45) is 6.71. The fourth-order valence-electron chi connectivity index (χ4n) is 6.38.